The minimum absolute atomic E-state index is 0.187. The van der Waals surface area contributed by atoms with E-state index in [1.807, 2.05) is 24.3 Å². The van der Waals surface area contributed by atoms with Crippen LogP contribution in [-0.2, 0) is 9.53 Å². The molecule has 1 aromatic rings. The molecule has 0 spiro atoms. The van der Waals surface area contributed by atoms with Crippen LogP contribution in [0.2, 0.25) is 5.02 Å². The number of carbonyl (C=O) groups is 1. The van der Waals surface area contributed by atoms with Crippen molar-refractivity contribution in [1.82, 2.24) is 0 Å². The smallest absolute Gasteiger partial charge is 0.331 e. The fraction of sp³-hybridized carbons (Fsp3) is 0.588. The first kappa shape index (κ1) is 16.2. The number of esters is 1. The van der Waals surface area contributed by atoms with E-state index in [-0.39, 0.29) is 5.97 Å². The van der Waals surface area contributed by atoms with Crippen molar-refractivity contribution >= 4 is 23.3 Å². The molecule has 1 fully saturated rings. The van der Waals surface area contributed by atoms with E-state index < -0.39 is 5.54 Å². The van der Waals surface area contributed by atoms with Crippen LogP contribution in [0.25, 0.3) is 0 Å². The summed E-state index contributed by atoms with van der Waals surface area (Å²) in [5, 5.41) is 4.02. The number of para-hydroxylation sites is 1. The van der Waals surface area contributed by atoms with Crippen molar-refractivity contribution in [3.05, 3.63) is 29.3 Å². The molecule has 0 aromatic heterocycles. The number of halogens is 1. The van der Waals surface area contributed by atoms with E-state index in [2.05, 4.69) is 19.2 Å². The quantitative estimate of drug-likeness (QED) is 0.832. The second kappa shape index (κ2) is 6.69. The van der Waals surface area contributed by atoms with E-state index in [9.17, 15) is 4.79 Å². The molecule has 0 aliphatic heterocycles. The van der Waals surface area contributed by atoms with Crippen molar-refractivity contribution in [3.8, 4) is 0 Å². The van der Waals surface area contributed by atoms with Crippen molar-refractivity contribution in [3.63, 3.8) is 0 Å². The van der Waals surface area contributed by atoms with Crippen LogP contribution in [0.4, 0.5) is 5.69 Å². The zero-order valence-electron chi connectivity index (χ0n) is 13.0. The monoisotopic (exact) mass is 309 g/mol. The number of benzene rings is 1. The molecule has 1 aliphatic carbocycles. The summed E-state index contributed by atoms with van der Waals surface area (Å²) in [5.41, 5.74) is 0.140. The highest BCUT2D eigenvalue weighted by atomic mass is 35.5. The fourth-order valence-corrected chi connectivity index (χ4v) is 3.44. The maximum absolute atomic E-state index is 12.4. The van der Waals surface area contributed by atoms with Gasteiger partial charge in [-0.1, -0.05) is 44.0 Å². The summed E-state index contributed by atoms with van der Waals surface area (Å²) in [5.74, 6) is 0.892. The Labute approximate surface area is 132 Å². The zero-order valence-corrected chi connectivity index (χ0v) is 13.7. The Hall–Kier alpha value is -1.22. The zero-order chi connectivity index (χ0) is 15.5. The van der Waals surface area contributed by atoms with Crippen LogP contribution < -0.4 is 5.32 Å². The molecule has 1 aromatic carbocycles. The van der Waals surface area contributed by atoms with Gasteiger partial charge in [0.25, 0.3) is 0 Å². The Morgan fingerprint density at radius 1 is 1.43 bits per heavy atom. The largest absolute Gasteiger partial charge is 0.467 e. The van der Waals surface area contributed by atoms with Gasteiger partial charge in [0.05, 0.1) is 17.8 Å². The third kappa shape index (κ3) is 3.52. The van der Waals surface area contributed by atoms with Gasteiger partial charge in [-0.2, -0.15) is 0 Å². The molecule has 0 radical (unpaired) electrons. The molecule has 1 aliphatic rings. The SMILES string of the molecule is COC(=O)C1(Nc2ccccc2Cl)CCCC(C(C)C)C1. The molecular formula is C17H24ClNO2. The molecule has 0 bridgehead atoms. The molecule has 0 amide bonds. The summed E-state index contributed by atoms with van der Waals surface area (Å²) in [7, 11) is 1.46. The summed E-state index contributed by atoms with van der Waals surface area (Å²) < 4.78 is 5.09. The van der Waals surface area contributed by atoms with Crippen LogP contribution >= 0.6 is 11.6 Å². The van der Waals surface area contributed by atoms with Gasteiger partial charge in [-0.25, -0.2) is 4.79 Å². The van der Waals surface area contributed by atoms with E-state index in [1.54, 1.807) is 0 Å². The van der Waals surface area contributed by atoms with E-state index >= 15 is 0 Å². The molecule has 116 valence electrons. The lowest BCUT2D eigenvalue weighted by atomic mass is 9.71. The van der Waals surface area contributed by atoms with Gasteiger partial charge < -0.3 is 10.1 Å². The highest BCUT2D eigenvalue weighted by Gasteiger charge is 2.44. The third-order valence-corrected chi connectivity index (χ3v) is 4.89. The molecule has 3 nitrogen and oxygen atoms in total. The van der Waals surface area contributed by atoms with Crippen LogP contribution in [0.1, 0.15) is 39.5 Å². The van der Waals surface area contributed by atoms with E-state index in [0.29, 0.717) is 16.9 Å². The lowest BCUT2D eigenvalue weighted by molar-refractivity contribution is -0.148. The minimum atomic E-state index is -0.660. The number of nitrogens with one attached hydrogen (secondary N) is 1. The van der Waals surface area contributed by atoms with Crippen molar-refractivity contribution in [1.29, 1.82) is 0 Å². The van der Waals surface area contributed by atoms with E-state index in [4.69, 9.17) is 16.3 Å². The number of anilines is 1. The van der Waals surface area contributed by atoms with Gasteiger partial charge >= 0.3 is 5.97 Å². The summed E-state index contributed by atoms with van der Waals surface area (Å²) in [6.45, 7) is 4.43. The summed E-state index contributed by atoms with van der Waals surface area (Å²) in [6, 6.07) is 7.54. The Morgan fingerprint density at radius 2 is 2.14 bits per heavy atom. The maximum Gasteiger partial charge on any atom is 0.331 e. The van der Waals surface area contributed by atoms with Crippen LogP contribution in [-0.4, -0.2) is 18.6 Å². The van der Waals surface area contributed by atoms with Gasteiger partial charge in [-0.3, -0.25) is 0 Å². The molecule has 2 rings (SSSR count). The third-order valence-electron chi connectivity index (χ3n) is 4.56. The maximum atomic E-state index is 12.4. The number of ether oxygens (including phenoxy) is 1. The predicted octanol–water partition coefficient (Wildman–Crippen LogP) is 4.51. The summed E-state index contributed by atoms with van der Waals surface area (Å²) in [6.07, 6.45) is 3.77. The molecule has 1 N–H and O–H groups in total. The fourth-order valence-electron chi connectivity index (χ4n) is 3.25. The Kier molecular flexibility index (Phi) is 5.15. The number of carbonyl (C=O) groups excluding carboxylic acids is 1. The minimum Gasteiger partial charge on any atom is -0.467 e. The molecule has 2 unspecified atom stereocenters. The van der Waals surface area contributed by atoms with Gasteiger partial charge in [-0.15, -0.1) is 0 Å². The number of hydrogen-bond donors (Lipinski definition) is 1. The Balaban J connectivity index is 2.29. The molecule has 4 heteroatoms. The topological polar surface area (TPSA) is 38.3 Å². The molecule has 0 saturated heterocycles. The van der Waals surface area contributed by atoms with Gasteiger partial charge in [-0.05, 0) is 43.2 Å². The van der Waals surface area contributed by atoms with Crippen LogP contribution in [0.3, 0.4) is 0 Å². The molecule has 0 heterocycles. The van der Waals surface area contributed by atoms with Crippen molar-refractivity contribution in [2.45, 2.75) is 45.1 Å². The van der Waals surface area contributed by atoms with Crippen molar-refractivity contribution in [2.24, 2.45) is 11.8 Å². The van der Waals surface area contributed by atoms with Gasteiger partial charge in [0.1, 0.15) is 5.54 Å². The number of rotatable bonds is 4. The van der Waals surface area contributed by atoms with Gasteiger partial charge in [0.2, 0.25) is 0 Å². The van der Waals surface area contributed by atoms with Crippen LogP contribution in [0, 0.1) is 11.8 Å². The first-order valence-corrected chi connectivity index (χ1v) is 7.97. The highest BCUT2D eigenvalue weighted by molar-refractivity contribution is 6.33. The van der Waals surface area contributed by atoms with E-state index in [1.165, 1.54) is 13.5 Å². The Bertz CT molecular complexity index is 503. The first-order valence-electron chi connectivity index (χ1n) is 7.59. The van der Waals surface area contributed by atoms with Crippen LogP contribution in [0.5, 0.6) is 0 Å². The second-order valence-electron chi connectivity index (χ2n) is 6.28. The lowest BCUT2D eigenvalue weighted by Crippen LogP contribution is -2.51. The number of methoxy groups -OCH3 is 1. The Morgan fingerprint density at radius 3 is 2.76 bits per heavy atom. The molecule has 1 saturated carbocycles. The lowest BCUT2D eigenvalue weighted by Gasteiger charge is -2.41. The van der Waals surface area contributed by atoms with Crippen molar-refractivity contribution in [2.75, 3.05) is 12.4 Å². The second-order valence-corrected chi connectivity index (χ2v) is 6.69. The van der Waals surface area contributed by atoms with Gasteiger partial charge in [0, 0.05) is 0 Å². The average Bonchev–Trinajstić information content (AvgIpc) is 2.49. The molecular weight excluding hydrogens is 286 g/mol. The average molecular weight is 310 g/mol. The van der Waals surface area contributed by atoms with E-state index in [0.717, 1.165) is 24.9 Å². The highest BCUT2D eigenvalue weighted by Crippen LogP contribution is 2.40. The predicted molar refractivity (Wildman–Crippen MR) is 86.6 cm³/mol. The summed E-state index contributed by atoms with van der Waals surface area (Å²) in [4.78, 5) is 12.4. The normalized spacial score (nSPS) is 25.7. The summed E-state index contributed by atoms with van der Waals surface area (Å²) >= 11 is 6.24. The number of hydrogen-bond acceptors (Lipinski definition) is 3. The van der Waals surface area contributed by atoms with Gasteiger partial charge in [0.15, 0.2) is 0 Å². The van der Waals surface area contributed by atoms with Crippen molar-refractivity contribution < 1.29 is 9.53 Å². The molecule has 21 heavy (non-hydrogen) atoms. The molecule has 2 atom stereocenters. The van der Waals surface area contributed by atoms with Crippen LogP contribution in [0.15, 0.2) is 24.3 Å². The standard InChI is InChI=1S/C17H24ClNO2/c1-12(2)13-7-6-10-17(11-13,16(20)21-3)19-15-9-5-4-8-14(15)18/h4-5,8-9,12-13,19H,6-7,10-11H2,1-3H3. The first-order chi connectivity index (χ1) is 9.98.